The van der Waals surface area contributed by atoms with Gasteiger partial charge in [0.15, 0.2) is 0 Å². The van der Waals surface area contributed by atoms with E-state index in [1.165, 1.54) is 0 Å². The molecular weight excluding hydrogens is 266 g/mol. The van der Waals surface area contributed by atoms with E-state index in [1.54, 1.807) is 18.0 Å². The summed E-state index contributed by atoms with van der Waals surface area (Å²) in [6, 6.07) is 0. The third kappa shape index (κ3) is 5.10. The van der Waals surface area contributed by atoms with Gasteiger partial charge >= 0.3 is 0 Å². The number of methoxy groups -OCH3 is 1. The average molecular weight is 290 g/mol. The van der Waals surface area contributed by atoms with Crippen molar-refractivity contribution < 1.29 is 9.84 Å². The Labute approximate surface area is 120 Å². The van der Waals surface area contributed by atoms with E-state index in [2.05, 4.69) is 10.00 Å². The summed E-state index contributed by atoms with van der Waals surface area (Å²) in [6.45, 7) is 3.55. The first-order chi connectivity index (χ1) is 8.95. The average Bonchev–Trinajstić information content (AvgIpc) is 2.74. The largest absolute Gasteiger partial charge is 0.387 e. The highest BCUT2D eigenvalue weighted by Gasteiger charge is 2.18. The van der Waals surface area contributed by atoms with Crippen LogP contribution in [0.4, 0.5) is 0 Å². The summed E-state index contributed by atoms with van der Waals surface area (Å²) >= 11 is 6.12. The lowest BCUT2D eigenvalue weighted by atomic mass is 10.1. The molecule has 0 spiro atoms. The molecule has 1 N–H and O–H groups in total. The molecule has 1 rings (SSSR count). The van der Waals surface area contributed by atoms with Crippen molar-refractivity contribution in [3.63, 3.8) is 0 Å². The summed E-state index contributed by atoms with van der Waals surface area (Å²) in [5.74, 6) is 0. The van der Waals surface area contributed by atoms with Gasteiger partial charge in [-0.3, -0.25) is 4.68 Å². The van der Waals surface area contributed by atoms with Gasteiger partial charge in [-0.05, 0) is 33.9 Å². The maximum absolute atomic E-state index is 10.3. The van der Waals surface area contributed by atoms with Crippen LogP contribution in [-0.2, 0) is 11.3 Å². The molecule has 0 aliphatic carbocycles. The van der Waals surface area contributed by atoms with Crippen molar-refractivity contribution in [2.45, 2.75) is 38.5 Å². The Morgan fingerprint density at radius 1 is 1.47 bits per heavy atom. The van der Waals surface area contributed by atoms with Crippen molar-refractivity contribution in [3.8, 4) is 0 Å². The first-order valence-electron chi connectivity index (χ1n) is 6.52. The van der Waals surface area contributed by atoms with Gasteiger partial charge < -0.3 is 14.7 Å². The number of aliphatic hydroxyl groups is 1. The van der Waals surface area contributed by atoms with Crippen molar-refractivity contribution in [3.05, 3.63) is 16.9 Å². The maximum atomic E-state index is 10.3. The summed E-state index contributed by atoms with van der Waals surface area (Å²) in [5, 5.41) is 15.0. The SMILES string of the molecule is COC(C)CCC(O)c1c(Cl)cnn1CCN(C)C. The topological polar surface area (TPSA) is 50.5 Å². The van der Waals surface area contributed by atoms with Gasteiger partial charge in [0.05, 0.1) is 35.7 Å². The van der Waals surface area contributed by atoms with Crippen LogP contribution < -0.4 is 0 Å². The summed E-state index contributed by atoms with van der Waals surface area (Å²) < 4.78 is 6.97. The molecule has 0 aliphatic heterocycles. The highest BCUT2D eigenvalue weighted by molar-refractivity contribution is 6.31. The van der Waals surface area contributed by atoms with E-state index in [0.717, 1.165) is 13.0 Å². The zero-order valence-electron chi connectivity index (χ0n) is 12.1. The molecule has 0 aliphatic rings. The molecular formula is C13H24ClN3O2. The van der Waals surface area contributed by atoms with Crippen LogP contribution in [0.1, 0.15) is 31.6 Å². The summed E-state index contributed by atoms with van der Waals surface area (Å²) in [4.78, 5) is 2.07. The van der Waals surface area contributed by atoms with E-state index in [4.69, 9.17) is 16.3 Å². The van der Waals surface area contributed by atoms with Crippen LogP contribution in [0, 0.1) is 0 Å². The monoisotopic (exact) mass is 289 g/mol. The van der Waals surface area contributed by atoms with Crippen LogP contribution in [0.25, 0.3) is 0 Å². The predicted molar refractivity (Wildman–Crippen MR) is 76.5 cm³/mol. The molecule has 110 valence electrons. The minimum Gasteiger partial charge on any atom is -0.387 e. The van der Waals surface area contributed by atoms with Crippen LogP contribution in [-0.4, -0.2) is 53.6 Å². The quantitative estimate of drug-likeness (QED) is 0.795. The Bertz CT molecular complexity index is 382. The van der Waals surface area contributed by atoms with Gasteiger partial charge in [-0.1, -0.05) is 11.6 Å². The first-order valence-corrected chi connectivity index (χ1v) is 6.90. The van der Waals surface area contributed by atoms with Gasteiger partial charge in [-0.15, -0.1) is 0 Å². The molecule has 0 saturated carbocycles. The lowest BCUT2D eigenvalue weighted by Gasteiger charge is -2.17. The fourth-order valence-electron chi connectivity index (χ4n) is 1.82. The second-order valence-corrected chi connectivity index (χ2v) is 5.45. The van der Waals surface area contributed by atoms with Crippen molar-refractivity contribution in [2.24, 2.45) is 0 Å². The summed E-state index contributed by atoms with van der Waals surface area (Å²) in [5.41, 5.74) is 0.701. The maximum Gasteiger partial charge on any atom is 0.0972 e. The Kier molecular flexibility index (Phi) is 6.79. The fraction of sp³-hybridized carbons (Fsp3) is 0.769. The minimum absolute atomic E-state index is 0.131. The van der Waals surface area contributed by atoms with Crippen LogP contribution in [0.15, 0.2) is 6.20 Å². The van der Waals surface area contributed by atoms with Gasteiger partial charge in [-0.2, -0.15) is 5.10 Å². The van der Waals surface area contributed by atoms with Crippen molar-refractivity contribution >= 4 is 11.6 Å². The standard InChI is InChI=1S/C13H24ClN3O2/c1-10(19-4)5-6-12(18)13-11(14)9-15-17(13)8-7-16(2)3/h9-10,12,18H,5-8H2,1-4H3. The van der Waals surface area contributed by atoms with Crippen LogP contribution in [0.5, 0.6) is 0 Å². The molecule has 1 heterocycles. The van der Waals surface area contributed by atoms with E-state index in [9.17, 15) is 5.11 Å². The zero-order chi connectivity index (χ0) is 14.4. The number of aliphatic hydroxyl groups excluding tert-OH is 1. The third-order valence-corrected chi connectivity index (χ3v) is 3.45. The summed E-state index contributed by atoms with van der Waals surface area (Å²) in [6.07, 6.45) is 2.52. The molecule has 1 aromatic rings. The molecule has 5 nitrogen and oxygen atoms in total. The fourth-order valence-corrected chi connectivity index (χ4v) is 2.09. The van der Waals surface area contributed by atoms with Gasteiger partial charge in [0, 0.05) is 13.7 Å². The van der Waals surface area contributed by atoms with E-state index in [-0.39, 0.29) is 6.10 Å². The number of nitrogens with zero attached hydrogens (tertiary/aromatic N) is 3. The second-order valence-electron chi connectivity index (χ2n) is 5.04. The first kappa shape index (κ1) is 16.4. The van der Waals surface area contributed by atoms with Crippen molar-refractivity contribution in [1.29, 1.82) is 0 Å². The van der Waals surface area contributed by atoms with Crippen molar-refractivity contribution in [1.82, 2.24) is 14.7 Å². The molecule has 0 fully saturated rings. The lowest BCUT2D eigenvalue weighted by molar-refractivity contribution is 0.0823. The molecule has 0 bridgehead atoms. The number of rotatable bonds is 8. The van der Waals surface area contributed by atoms with E-state index in [1.807, 2.05) is 21.0 Å². The third-order valence-electron chi connectivity index (χ3n) is 3.16. The zero-order valence-corrected chi connectivity index (χ0v) is 12.9. The normalized spacial score (nSPS) is 14.9. The Hall–Kier alpha value is -0.620. The highest BCUT2D eigenvalue weighted by atomic mass is 35.5. The van der Waals surface area contributed by atoms with Crippen molar-refractivity contribution in [2.75, 3.05) is 27.7 Å². The number of hydrogen-bond acceptors (Lipinski definition) is 4. The molecule has 19 heavy (non-hydrogen) atoms. The number of ether oxygens (including phenoxy) is 1. The van der Waals surface area contributed by atoms with E-state index < -0.39 is 6.10 Å². The molecule has 0 amide bonds. The molecule has 0 aromatic carbocycles. The minimum atomic E-state index is -0.602. The van der Waals surface area contributed by atoms with Gasteiger partial charge in [0.1, 0.15) is 0 Å². The Balaban J connectivity index is 2.66. The van der Waals surface area contributed by atoms with Gasteiger partial charge in [0.25, 0.3) is 0 Å². The number of likely N-dealkylation sites (N-methyl/N-ethyl adjacent to an activating group) is 1. The van der Waals surface area contributed by atoms with E-state index >= 15 is 0 Å². The smallest absolute Gasteiger partial charge is 0.0972 e. The second kappa shape index (κ2) is 7.85. The number of halogens is 1. The number of hydrogen-bond donors (Lipinski definition) is 1. The molecule has 2 unspecified atom stereocenters. The van der Waals surface area contributed by atoms with Crippen LogP contribution in [0.3, 0.4) is 0 Å². The predicted octanol–water partition coefficient (Wildman–Crippen LogP) is 1.95. The molecule has 6 heteroatoms. The Morgan fingerprint density at radius 3 is 2.74 bits per heavy atom. The van der Waals surface area contributed by atoms with Gasteiger partial charge in [-0.25, -0.2) is 0 Å². The van der Waals surface area contributed by atoms with Gasteiger partial charge in [0.2, 0.25) is 0 Å². The van der Waals surface area contributed by atoms with E-state index in [0.29, 0.717) is 23.7 Å². The lowest BCUT2D eigenvalue weighted by Crippen LogP contribution is -2.21. The Morgan fingerprint density at radius 2 is 2.16 bits per heavy atom. The molecule has 1 aromatic heterocycles. The van der Waals surface area contributed by atoms with Crippen LogP contribution in [0.2, 0.25) is 5.02 Å². The molecule has 0 radical (unpaired) electrons. The highest BCUT2D eigenvalue weighted by Crippen LogP contribution is 2.26. The van der Waals surface area contributed by atoms with Crippen LogP contribution >= 0.6 is 11.6 Å². The molecule has 2 atom stereocenters. The molecule has 0 saturated heterocycles. The number of aromatic nitrogens is 2. The summed E-state index contributed by atoms with van der Waals surface area (Å²) in [7, 11) is 5.67.